The SMILES string of the molecule is [C-]#[N+]c1cc2c(Oc3ccc(CC(=O)Cc4ccc(F)cc4)cc3)ccnc2cc1C. The molecule has 1 heterocycles. The number of carbonyl (C=O) groups excluding carboxylic acids is 1. The number of nitrogens with zero attached hydrogens (tertiary/aromatic N) is 2. The number of hydrogen-bond donors (Lipinski definition) is 0. The zero-order valence-corrected chi connectivity index (χ0v) is 16.9. The third-order valence-corrected chi connectivity index (χ3v) is 5.01. The number of ether oxygens (including phenoxy) is 1. The number of rotatable bonds is 6. The molecule has 0 fully saturated rings. The second kappa shape index (κ2) is 8.76. The highest BCUT2D eigenvalue weighted by atomic mass is 19.1. The third-order valence-electron chi connectivity index (χ3n) is 5.01. The number of pyridine rings is 1. The predicted octanol–water partition coefficient (Wildman–Crippen LogP) is 6.38. The summed E-state index contributed by atoms with van der Waals surface area (Å²) in [4.78, 5) is 20.2. The summed E-state index contributed by atoms with van der Waals surface area (Å²) in [7, 11) is 0. The lowest BCUT2D eigenvalue weighted by Crippen LogP contribution is -2.06. The fourth-order valence-electron chi connectivity index (χ4n) is 3.39. The Balaban J connectivity index is 1.47. The van der Waals surface area contributed by atoms with E-state index in [1.807, 2.05) is 37.3 Å². The molecule has 1 aromatic heterocycles. The molecule has 0 N–H and O–H groups in total. The van der Waals surface area contributed by atoms with Crippen molar-refractivity contribution in [2.24, 2.45) is 0 Å². The van der Waals surface area contributed by atoms with Gasteiger partial charge in [0.1, 0.15) is 23.1 Å². The Labute approximate surface area is 179 Å². The van der Waals surface area contributed by atoms with Crippen LogP contribution in [0.5, 0.6) is 11.5 Å². The van der Waals surface area contributed by atoms with Gasteiger partial charge in [-0.2, -0.15) is 0 Å². The Morgan fingerprint density at radius 2 is 1.65 bits per heavy atom. The van der Waals surface area contributed by atoms with Crippen molar-refractivity contribution < 1.29 is 13.9 Å². The zero-order chi connectivity index (χ0) is 21.8. The monoisotopic (exact) mass is 410 g/mol. The largest absolute Gasteiger partial charge is 0.457 e. The van der Waals surface area contributed by atoms with E-state index in [1.54, 1.807) is 30.5 Å². The summed E-state index contributed by atoms with van der Waals surface area (Å²) in [6.07, 6.45) is 2.24. The predicted molar refractivity (Wildman–Crippen MR) is 118 cm³/mol. The number of benzene rings is 3. The summed E-state index contributed by atoms with van der Waals surface area (Å²) in [5.41, 5.74) is 3.89. The lowest BCUT2D eigenvalue weighted by Gasteiger charge is -2.10. The van der Waals surface area contributed by atoms with Gasteiger partial charge in [0.15, 0.2) is 5.69 Å². The van der Waals surface area contributed by atoms with Crippen molar-refractivity contribution in [3.8, 4) is 11.5 Å². The molecule has 0 aliphatic rings. The molecule has 31 heavy (non-hydrogen) atoms. The molecule has 0 saturated heterocycles. The van der Waals surface area contributed by atoms with Gasteiger partial charge < -0.3 is 4.74 Å². The normalized spacial score (nSPS) is 10.6. The average Bonchev–Trinajstić information content (AvgIpc) is 2.76. The number of carbonyl (C=O) groups is 1. The van der Waals surface area contributed by atoms with Gasteiger partial charge in [-0.05, 0) is 66.1 Å². The molecule has 152 valence electrons. The molecule has 0 atom stereocenters. The third kappa shape index (κ3) is 4.76. The molecule has 4 nitrogen and oxygen atoms in total. The van der Waals surface area contributed by atoms with Crippen molar-refractivity contribution in [3.63, 3.8) is 0 Å². The summed E-state index contributed by atoms with van der Waals surface area (Å²) in [5, 5.41) is 0.776. The topological polar surface area (TPSA) is 43.5 Å². The van der Waals surface area contributed by atoms with Crippen LogP contribution in [0.2, 0.25) is 0 Å². The maximum Gasteiger partial charge on any atom is 0.191 e. The molecule has 0 radical (unpaired) electrons. The summed E-state index contributed by atoms with van der Waals surface area (Å²) in [5.74, 6) is 0.999. The first-order valence-electron chi connectivity index (χ1n) is 9.81. The molecule has 3 aromatic carbocycles. The van der Waals surface area contributed by atoms with Crippen LogP contribution >= 0.6 is 0 Å². The van der Waals surface area contributed by atoms with E-state index in [9.17, 15) is 9.18 Å². The minimum absolute atomic E-state index is 0.0578. The minimum atomic E-state index is -0.311. The first-order valence-corrected chi connectivity index (χ1v) is 9.81. The van der Waals surface area contributed by atoms with Crippen molar-refractivity contribution in [2.75, 3.05) is 0 Å². The lowest BCUT2D eigenvalue weighted by molar-refractivity contribution is -0.117. The Bertz CT molecular complexity index is 1290. The second-order valence-electron chi connectivity index (χ2n) is 7.34. The number of fused-ring (bicyclic) bond motifs is 1. The van der Waals surface area contributed by atoms with E-state index in [2.05, 4.69) is 9.83 Å². The molecule has 0 aliphatic carbocycles. The molecular formula is C26H19FN2O2. The van der Waals surface area contributed by atoms with E-state index < -0.39 is 0 Å². The molecule has 0 unspecified atom stereocenters. The van der Waals surface area contributed by atoms with E-state index in [-0.39, 0.29) is 18.0 Å². The Kier molecular flexibility index (Phi) is 5.72. The van der Waals surface area contributed by atoms with Crippen LogP contribution in [0.15, 0.2) is 72.9 Å². The molecule has 0 spiro atoms. The fraction of sp³-hybridized carbons (Fsp3) is 0.115. The summed E-state index contributed by atoms with van der Waals surface area (Å²) < 4.78 is 19.0. The van der Waals surface area contributed by atoms with Crippen LogP contribution in [0.1, 0.15) is 16.7 Å². The maximum absolute atomic E-state index is 13.0. The number of hydrogen-bond acceptors (Lipinski definition) is 3. The van der Waals surface area contributed by atoms with Crippen LogP contribution in [0, 0.1) is 19.3 Å². The molecule has 4 rings (SSSR count). The van der Waals surface area contributed by atoms with E-state index in [1.165, 1.54) is 12.1 Å². The van der Waals surface area contributed by atoms with Gasteiger partial charge in [-0.15, -0.1) is 0 Å². The number of Topliss-reactive ketones (excluding diaryl/α,β-unsaturated/α-hetero) is 1. The number of aromatic nitrogens is 1. The van der Waals surface area contributed by atoms with Gasteiger partial charge in [-0.25, -0.2) is 9.24 Å². The van der Waals surface area contributed by atoms with Crippen molar-refractivity contribution in [3.05, 3.63) is 107 Å². The van der Waals surface area contributed by atoms with Crippen molar-refractivity contribution in [1.29, 1.82) is 0 Å². The zero-order valence-electron chi connectivity index (χ0n) is 16.9. The van der Waals surface area contributed by atoms with Crippen molar-refractivity contribution >= 4 is 22.4 Å². The quantitative estimate of drug-likeness (QED) is 0.347. The van der Waals surface area contributed by atoms with Gasteiger partial charge in [0, 0.05) is 24.4 Å². The maximum atomic E-state index is 13.0. The van der Waals surface area contributed by atoms with Crippen LogP contribution in [-0.2, 0) is 17.6 Å². The highest BCUT2D eigenvalue weighted by Gasteiger charge is 2.10. The van der Waals surface area contributed by atoms with Crippen molar-refractivity contribution in [1.82, 2.24) is 4.98 Å². The standard InChI is InChI=1S/C26H19FN2O2/c1-17-13-25-23(16-24(17)28-2)26(11-12-29-25)31-22-9-5-19(6-10-22)15-21(30)14-18-3-7-20(27)8-4-18/h3-13,16H,14-15H2,1H3. The van der Waals surface area contributed by atoms with Gasteiger partial charge in [-0.1, -0.05) is 24.3 Å². The average molecular weight is 410 g/mol. The summed E-state index contributed by atoms with van der Waals surface area (Å²) in [6.45, 7) is 9.22. The first-order chi connectivity index (χ1) is 15.0. The van der Waals surface area contributed by atoms with Gasteiger partial charge >= 0.3 is 0 Å². The van der Waals surface area contributed by atoms with Gasteiger partial charge in [0.2, 0.25) is 0 Å². The van der Waals surface area contributed by atoms with E-state index >= 15 is 0 Å². The van der Waals surface area contributed by atoms with Crippen LogP contribution < -0.4 is 4.74 Å². The number of aryl methyl sites for hydroxylation is 1. The van der Waals surface area contributed by atoms with E-state index in [4.69, 9.17) is 11.3 Å². The Morgan fingerprint density at radius 1 is 1.00 bits per heavy atom. The highest BCUT2D eigenvalue weighted by molar-refractivity contribution is 5.89. The van der Waals surface area contributed by atoms with Gasteiger partial charge in [0.25, 0.3) is 0 Å². The Morgan fingerprint density at radius 3 is 2.29 bits per heavy atom. The van der Waals surface area contributed by atoms with Crippen LogP contribution in [-0.4, -0.2) is 10.8 Å². The van der Waals surface area contributed by atoms with Crippen LogP contribution in [0.4, 0.5) is 10.1 Å². The van der Waals surface area contributed by atoms with Crippen LogP contribution in [0.25, 0.3) is 15.7 Å². The second-order valence-corrected chi connectivity index (χ2v) is 7.34. The molecule has 0 bridgehead atoms. The van der Waals surface area contributed by atoms with Gasteiger partial charge in [0.05, 0.1) is 12.1 Å². The molecule has 0 aliphatic heterocycles. The number of ketones is 1. The Hall–Kier alpha value is -4.04. The first kappa shape index (κ1) is 20.2. The number of halogens is 1. The summed E-state index contributed by atoms with van der Waals surface area (Å²) in [6, 6.07) is 18.8. The molecule has 0 amide bonds. The van der Waals surface area contributed by atoms with Crippen molar-refractivity contribution in [2.45, 2.75) is 19.8 Å². The summed E-state index contributed by atoms with van der Waals surface area (Å²) >= 11 is 0. The fourth-order valence-corrected chi connectivity index (χ4v) is 3.39. The van der Waals surface area contributed by atoms with E-state index in [0.29, 0.717) is 23.6 Å². The minimum Gasteiger partial charge on any atom is -0.457 e. The van der Waals surface area contributed by atoms with E-state index in [0.717, 1.165) is 27.6 Å². The molecule has 4 aromatic rings. The smallest absolute Gasteiger partial charge is 0.191 e. The molecule has 0 saturated carbocycles. The van der Waals surface area contributed by atoms with Crippen LogP contribution in [0.3, 0.4) is 0 Å². The molecule has 5 heteroatoms. The highest BCUT2D eigenvalue weighted by Crippen LogP contribution is 2.33. The lowest BCUT2D eigenvalue weighted by atomic mass is 10.0. The van der Waals surface area contributed by atoms with Gasteiger partial charge in [-0.3, -0.25) is 9.78 Å². The molecular weight excluding hydrogens is 391 g/mol.